The van der Waals surface area contributed by atoms with E-state index in [4.69, 9.17) is 34.8 Å². The van der Waals surface area contributed by atoms with E-state index in [1.165, 1.54) is 42.3 Å². The van der Waals surface area contributed by atoms with Crippen LogP contribution in [-0.2, 0) is 26.2 Å². The molecule has 3 rings (SSSR count). The van der Waals surface area contributed by atoms with E-state index in [-0.39, 0.29) is 27.2 Å². The fourth-order valence-electron chi connectivity index (χ4n) is 3.51. The van der Waals surface area contributed by atoms with E-state index in [2.05, 4.69) is 5.32 Å². The zero-order valence-electron chi connectivity index (χ0n) is 19.5. The Bertz CT molecular complexity index is 1350. The minimum Gasteiger partial charge on any atom is -0.357 e. The second-order valence-electron chi connectivity index (χ2n) is 7.82. The molecule has 2 amide bonds. The number of benzene rings is 3. The number of anilines is 1. The molecule has 190 valence electrons. The molecule has 0 aliphatic carbocycles. The summed E-state index contributed by atoms with van der Waals surface area (Å²) in [7, 11) is -2.79. The van der Waals surface area contributed by atoms with Crippen LogP contribution in [-0.4, -0.2) is 44.8 Å². The predicted octanol–water partition coefficient (Wildman–Crippen LogP) is 5.01. The number of halogens is 3. The summed E-state index contributed by atoms with van der Waals surface area (Å²) < 4.78 is 28.3. The Morgan fingerprint density at radius 2 is 1.56 bits per heavy atom. The highest BCUT2D eigenvalue weighted by atomic mass is 35.5. The zero-order chi connectivity index (χ0) is 26.5. The molecule has 3 aromatic rings. The summed E-state index contributed by atoms with van der Waals surface area (Å²) >= 11 is 18.8. The molecule has 0 spiro atoms. The Balaban J connectivity index is 2.08. The Kier molecular flexibility index (Phi) is 9.24. The van der Waals surface area contributed by atoms with Crippen LogP contribution in [0.3, 0.4) is 0 Å². The highest BCUT2D eigenvalue weighted by Crippen LogP contribution is 2.33. The highest BCUT2D eigenvalue weighted by molar-refractivity contribution is 7.92. The van der Waals surface area contributed by atoms with Crippen LogP contribution in [0.5, 0.6) is 0 Å². The van der Waals surface area contributed by atoms with Crippen LogP contribution in [0.15, 0.2) is 77.7 Å². The molecule has 0 fully saturated rings. The van der Waals surface area contributed by atoms with Gasteiger partial charge in [-0.3, -0.25) is 13.9 Å². The number of hydrogen-bond acceptors (Lipinski definition) is 4. The van der Waals surface area contributed by atoms with Gasteiger partial charge in [-0.15, -0.1) is 0 Å². The summed E-state index contributed by atoms with van der Waals surface area (Å²) in [6.07, 6.45) is 0. The molecule has 3 aromatic carbocycles. The number of nitrogens with one attached hydrogen (secondary N) is 1. The van der Waals surface area contributed by atoms with Gasteiger partial charge in [0.15, 0.2) is 0 Å². The van der Waals surface area contributed by atoms with E-state index in [0.717, 1.165) is 4.31 Å². The van der Waals surface area contributed by atoms with Gasteiger partial charge in [-0.25, -0.2) is 8.42 Å². The standard InChI is InChI=1S/C25H24Cl3N3O4S/c1-17(25(33)29-2)30(15-18-8-6-7-11-21(18)27)24(32)16-31(23-14-19(26)12-13-22(23)28)36(34,35)20-9-4-3-5-10-20/h3-14,17H,15-16H2,1-2H3,(H,29,33). The van der Waals surface area contributed by atoms with Crippen molar-refractivity contribution < 1.29 is 18.0 Å². The first-order valence-electron chi connectivity index (χ1n) is 10.8. The molecule has 11 heteroatoms. The van der Waals surface area contributed by atoms with E-state index >= 15 is 0 Å². The van der Waals surface area contributed by atoms with E-state index < -0.39 is 34.4 Å². The van der Waals surface area contributed by atoms with Gasteiger partial charge in [-0.1, -0.05) is 71.2 Å². The first-order valence-corrected chi connectivity index (χ1v) is 13.4. The third-order valence-electron chi connectivity index (χ3n) is 5.50. The van der Waals surface area contributed by atoms with Gasteiger partial charge in [0, 0.05) is 23.6 Å². The maximum absolute atomic E-state index is 13.7. The van der Waals surface area contributed by atoms with Gasteiger partial charge in [-0.2, -0.15) is 0 Å². The minimum atomic E-state index is -4.24. The predicted molar refractivity (Wildman–Crippen MR) is 143 cm³/mol. The van der Waals surface area contributed by atoms with E-state index in [9.17, 15) is 18.0 Å². The summed E-state index contributed by atoms with van der Waals surface area (Å²) in [5.74, 6) is -1.06. The van der Waals surface area contributed by atoms with Crippen LogP contribution in [0, 0.1) is 0 Å². The zero-order valence-corrected chi connectivity index (χ0v) is 22.6. The molecule has 0 aliphatic heterocycles. The molecule has 0 radical (unpaired) electrons. The Labute approximate surface area is 225 Å². The number of sulfonamides is 1. The fourth-order valence-corrected chi connectivity index (χ4v) is 5.59. The van der Waals surface area contributed by atoms with Crippen LogP contribution in [0.25, 0.3) is 0 Å². The van der Waals surface area contributed by atoms with Crippen molar-refractivity contribution in [1.29, 1.82) is 0 Å². The molecule has 0 bridgehead atoms. The number of nitrogens with zero attached hydrogens (tertiary/aromatic N) is 2. The summed E-state index contributed by atoms with van der Waals surface area (Å²) in [4.78, 5) is 27.4. The monoisotopic (exact) mass is 567 g/mol. The summed E-state index contributed by atoms with van der Waals surface area (Å²) in [6.45, 7) is 0.897. The average molecular weight is 569 g/mol. The second kappa shape index (κ2) is 12.0. The smallest absolute Gasteiger partial charge is 0.264 e. The molecule has 0 saturated heterocycles. The lowest BCUT2D eigenvalue weighted by molar-refractivity contribution is -0.139. The average Bonchev–Trinajstić information content (AvgIpc) is 2.87. The molecule has 7 nitrogen and oxygen atoms in total. The molecular formula is C25H24Cl3N3O4S. The van der Waals surface area contributed by atoms with Crippen molar-refractivity contribution in [3.63, 3.8) is 0 Å². The minimum absolute atomic E-state index is 0.0183. The van der Waals surface area contributed by atoms with Gasteiger partial charge in [0.05, 0.1) is 15.6 Å². The van der Waals surface area contributed by atoms with Gasteiger partial charge in [0.2, 0.25) is 11.8 Å². The number of likely N-dealkylation sites (N-methyl/N-ethyl adjacent to an activating group) is 1. The molecule has 0 heterocycles. The van der Waals surface area contributed by atoms with Crippen molar-refractivity contribution in [1.82, 2.24) is 10.2 Å². The lowest BCUT2D eigenvalue weighted by atomic mass is 10.1. The quantitative estimate of drug-likeness (QED) is 0.393. The first-order chi connectivity index (χ1) is 17.1. The number of carbonyl (C=O) groups excluding carboxylic acids is 2. The fraction of sp³-hybridized carbons (Fsp3) is 0.200. The molecule has 0 saturated carbocycles. The molecular weight excluding hydrogens is 545 g/mol. The summed E-state index contributed by atoms with van der Waals surface area (Å²) in [5.41, 5.74) is 0.633. The van der Waals surface area contributed by atoms with Crippen LogP contribution in [0.4, 0.5) is 5.69 Å². The van der Waals surface area contributed by atoms with Crippen molar-refractivity contribution in [2.24, 2.45) is 0 Å². The SMILES string of the molecule is CNC(=O)C(C)N(Cc1ccccc1Cl)C(=O)CN(c1cc(Cl)ccc1Cl)S(=O)(=O)c1ccccc1. The molecule has 0 aromatic heterocycles. The Morgan fingerprint density at radius 3 is 2.19 bits per heavy atom. The van der Waals surface area contributed by atoms with Crippen molar-refractivity contribution >= 4 is 62.3 Å². The highest BCUT2D eigenvalue weighted by Gasteiger charge is 2.33. The van der Waals surface area contributed by atoms with Gasteiger partial charge in [-0.05, 0) is 48.9 Å². The Morgan fingerprint density at radius 1 is 0.917 bits per heavy atom. The third kappa shape index (κ3) is 6.31. The van der Waals surface area contributed by atoms with E-state index in [0.29, 0.717) is 10.6 Å². The number of hydrogen-bond donors (Lipinski definition) is 1. The van der Waals surface area contributed by atoms with Crippen LogP contribution < -0.4 is 9.62 Å². The first kappa shape index (κ1) is 27.8. The molecule has 1 unspecified atom stereocenters. The third-order valence-corrected chi connectivity index (χ3v) is 8.20. The maximum atomic E-state index is 13.7. The van der Waals surface area contributed by atoms with Gasteiger partial charge >= 0.3 is 0 Å². The number of rotatable bonds is 9. The summed E-state index contributed by atoms with van der Waals surface area (Å²) in [6, 6.07) is 18.0. The van der Waals surface area contributed by atoms with E-state index in [1.54, 1.807) is 49.4 Å². The normalized spacial score (nSPS) is 12.0. The molecule has 36 heavy (non-hydrogen) atoms. The van der Waals surface area contributed by atoms with Gasteiger partial charge in [0.1, 0.15) is 12.6 Å². The second-order valence-corrected chi connectivity index (χ2v) is 10.9. The number of carbonyl (C=O) groups is 2. The van der Waals surface area contributed by atoms with Crippen molar-refractivity contribution in [2.45, 2.75) is 24.4 Å². The van der Waals surface area contributed by atoms with Crippen molar-refractivity contribution in [3.8, 4) is 0 Å². The van der Waals surface area contributed by atoms with Crippen LogP contribution >= 0.6 is 34.8 Å². The Hall–Kier alpha value is -2.78. The van der Waals surface area contributed by atoms with Gasteiger partial charge < -0.3 is 10.2 Å². The topological polar surface area (TPSA) is 86.8 Å². The molecule has 1 N–H and O–H groups in total. The van der Waals surface area contributed by atoms with Crippen LogP contribution in [0.1, 0.15) is 12.5 Å². The lowest BCUT2D eigenvalue weighted by Crippen LogP contribution is -2.50. The lowest BCUT2D eigenvalue weighted by Gasteiger charge is -2.32. The van der Waals surface area contributed by atoms with E-state index in [1.807, 2.05) is 0 Å². The molecule has 0 aliphatic rings. The maximum Gasteiger partial charge on any atom is 0.264 e. The van der Waals surface area contributed by atoms with Crippen molar-refractivity contribution in [3.05, 3.63) is 93.4 Å². The van der Waals surface area contributed by atoms with Crippen LogP contribution in [0.2, 0.25) is 15.1 Å². The summed E-state index contributed by atoms with van der Waals surface area (Å²) in [5, 5.41) is 3.25. The number of amides is 2. The van der Waals surface area contributed by atoms with Gasteiger partial charge in [0.25, 0.3) is 10.0 Å². The molecule has 1 atom stereocenters. The van der Waals surface area contributed by atoms with Crippen molar-refractivity contribution in [2.75, 3.05) is 17.9 Å². The largest absolute Gasteiger partial charge is 0.357 e.